The quantitative estimate of drug-likeness (QED) is 0.523. The van der Waals surface area contributed by atoms with Gasteiger partial charge in [-0.15, -0.1) is 0 Å². The summed E-state index contributed by atoms with van der Waals surface area (Å²) in [5.74, 6) is 0.702. The van der Waals surface area contributed by atoms with Crippen molar-refractivity contribution in [1.29, 1.82) is 0 Å². The third kappa shape index (κ3) is 3.16. The van der Waals surface area contributed by atoms with Gasteiger partial charge in [-0.3, -0.25) is 4.98 Å². The van der Waals surface area contributed by atoms with E-state index in [2.05, 4.69) is 33.5 Å². The molecular weight excluding hydrogens is 376 g/mol. The smallest absolute Gasteiger partial charge is 0.322 e. The Morgan fingerprint density at radius 1 is 1.17 bits per heavy atom. The lowest BCUT2D eigenvalue weighted by Crippen LogP contribution is -2.43. The molecule has 5 rings (SSSR count). The molecule has 0 spiro atoms. The van der Waals surface area contributed by atoms with Crippen molar-refractivity contribution in [2.24, 2.45) is 0 Å². The summed E-state index contributed by atoms with van der Waals surface area (Å²) in [6, 6.07) is 19.2. The van der Waals surface area contributed by atoms with Gasteiger partial charge in [0.05, 0.1) is 7.11 Å². The van der Waals surface area contributed by atoms with E-state index in [0.717, 1.165) is 23.2 Å². The number of benzene rings is 2. The lowest BCUT2D eigenvalue weighted by molar-refractivity contribution is 0.193. The molecule has 2 N–H and O–H groups in total. The maximum Gasteiger partial charge on any atom is 0.322 e. The predicted octanol–water partition coefficient (Wildman–Crippen LogP) is 4.75. The highest BCUT2D eigenvalue weighted by atomic mass is 16.5. The molecule has 150 valence electrons. The molecule has 0 bridgehead atoms. The van der Waals surface area contributed by atoms with Gasteiger partial charge in [0.25, 0.3) is 0 Å². The van der Waals surface area contributed by atoms with Gasteiger partial charge >= 0.3 is 6.03 Å². The molecule has 3 heterocycles. The average Bonchev–Trinajstić information content (AvgIpc) is 3.18. The number of aromatic amines is 1. The van der Waals surface area contributed by atoms with Crippen LogP contribution in [0.1, 0.15) is 22.9 Å². The number of aromatic nitrogens is 2. The van der Waals surface area contributed by atoms with Crippen LogP contribution in [0.4, 0.5) is 10.5 Å². The number of para-hydroxylation sites is 1. The first kappa shape index (κ1) is 18.2. The van der Waals surface area contributed by atoms with E-state index >= 15 is 0 Å². The zero-order valence-electron chi connectivity index (χ0n) is 16.6. The molecule has 30 heavy (non-hydrogen) atoms. The summed E-state index contributed by atoms with van der Waals surface area (Å²) < 4.78 is 5.27. The molecular formula is C24H22N4O2. The first-order chi connectivity index (χ1) is 14.7. The summed E-state index contributed by atoms with van der Waals surface area (Å²) >= 11 is 0. The molecule has 0 radical (unpaired) electrons. The number of H-pyrrole nitrogens is 1. The minimum Gasteiger partial charge on any atom is -0.497 e. The van der Waals surface area contributed by atoms with Crippen molar-refractivity contribution in [3.63, 3.8) is 0 Å². The monoisotopic (exact) mass is 398 g/mol. The molecule has 0 unspecified atom stereocenters. The Morgan fingerprint density at radius 2 is 2.07 bits per heavy atom. The molecule has 6 heteroatoms. The third-order valence-corrected chi connectivity index (χ3v) is 5.62. The summed E-state index contributed by atoms with van der Waals surface area (Å²) in [4.78, 5) is 23.0. The number of pyridine rings is 1. The number of nitrogens with one attached hydrogen (secondary N) is 2. The number of methoxy groups -OCH3 is 1. The molecule has 4 aromatic rings. The number of nitrogens with zero attached hydrogens (tertiary/aromatic N) is 2. The minimum absolute atomic E-state index is 0.151. The molecule has 2 amide bonds. The van der Waals surface area contributed by atoms with Crippen LogP contribution in [0.3, 0.4) is 0 Å². The highest BCUT2D eigenvalue weighted by Crippen LogP contribution is 2.38. The number of carbonyl (C=O) groups is 1. The molecule has 0 saturated heterocycles. The predicted molar refractivity (Wildman–Crippen MR) is 117 cm³/mol. The Bertz CT molecular complexity index is 1200. The Hall–Kier alpha value is -3.80. The number of hydrogen-bond donors (Lipinski definition) is 2. The number of fused-ring (bicyclic) bond motifs is 3. The van der Waals surface area contributed by atoms with E-state index in [1.165, 1.54) is 10.9 Å². The first-order valence-corrected chi connectivity index (χ1v) is 9.95. The van der Waals surface area contributed by atoms with Crippen LogP contribution in [-0.2, 0) is 6.42 Å². The van der Waals surface area contributed by atoms with Crippen LogP contribution in [0, 0.1) is 0 Å². The van der Waals surface area contributed by atoms with Crippen LogP contribution in [0.15, 0.2) is 73.1 Å². The van der Waals surface area contributed by atoms with Crippen molar-refractivity contribution in [3.05, 3.63) is 89.9 Å². The van der Waals surface area contributed by atoms with Gasteiger partial charge in [-0.05, 0) is 41.8 Å². The first-order valence-electron chi connectivity index (χ1n) is 9.95. The molecule has 2 aromatic heterocycles. The fourth-order valence-electron chi connectivity index (χ4n) is 4.24. The molecule has 1 aliphatic heterocycles. The zero-order valence-corrected chi connectivity index (χ0v) is 16.6. The fraction of sp³-hybridized carbons (Fsp3) is 0.167. The van der Waals surface area contributed by atoms with E-state index in [1.54, 1.807) is 13.3 Å². The van der Waals surface area contributed by atoms with Crippen molar-refractivity contribution in [2.75, 3.05) is 19.0 Å². The van der Waals surface area contributed by atoms with Crippen LogP contribution < -0.4 is 10.1 Å². The van der Waals surface area contributed by atoms with E-state index in [9.17, 15) is 4.79 Å². The highest BCUT2D eigenvalue weighted by molar-refractivity contribution is 5.91. The van der Waals surface area contributed by atoms with Crippen molar-refractivity contribution >= 4 is 22.6 Å². The molecule has 1 atom stereocenters. The number of urea groups is 1. The van der Waals surface area contributed by atoms with E-state index in [1.807, 2.05) is 53.6 Å². The van der Waals surface area contributed by atoms with Gasteiger partial charge in [-0.25, -0.2) is 4.79 Å². The molecule has 1 aliphatic rings. The molecule has 0 saturated carbocycles. The second kappa shape index (κ2) is 7.55. The van der Waals surface area contributed by atoms with Gasteiger partial charge in [0.2, 0.25) is 0 Å². The summed E-state index contributed by atoms with van der Waals surface area (Å²) in [7, 11) is 1.61. The van der Waals surface area contributed by atoms with E-state index in [4.69, 9.17) is 4.74 Å². The second-order valence-electron chi connectivity index (χ2n) is 7.36. The second-order valence-corrected chi connectivity index (χ2v) is 7.36. The maximum absolute atomic E-state index is 13.3. The number of rotatable bonds is 3. The maximum atomic E-state index is 13.3. The Kier molecular flexibility index (Phi) is 4.59. The number of ether oxygens (including phenoxy) is 1. The Balaban J connectivity index is 1.55. The van der Waals surface area contributed by atoms with E-state index in [-0.39, 0.29) is 12.1 Å². The van der Waals surface area contributed by atoms with Gasteiger partial charge in [0, 0.05) is 47.3 Å². The van der Waals surface area contributed by atoms with Crippen molar-refractivity contribution in [1.82, 2.24) is 14.9 Å². The largest absolute Gasteiger partial charge is 0.497 e. The molecule has 0 aliphatic carbocycles. The molecule has 0 fully saturated rings. The summed E-state index contributed by atoms with van der Waals surface area (Å²) in [6.07, 6.45) is 4.37. The van der Waals surface area contributed by atoms with Crippen LogP contribution in [0.5, 0.6) is 5.75 Å². The van der Waals surface area contributed by atoms with E-state index in [0.29, 0.717) is 18.0 Å². The topological polar surface area (TPSA) is 70.2 Å². The van der Waals surface area contributed by atoms with Crippen molar-refractivity contribution < 1.29 is 9.53 Å². The fourth-order valence-corrected chi connectivity index (χ4v) is 4.24. The summed E-state index contributed by atoms with van der Waals surface area (Å²) in [6.45, 7) is 0.615. The minimum atomic E-state index is -0.236. The Labute approximate surface area is 174 Å². The number of hydrogen-bond acceptors (Lipinski definition) is 3. The van der Waals surface area contributed by atoms with Gasteiger partial charge < -0.3 is 19.9 Å². The molecule has 6 nitrogen and oxygen atoms in total. The average molecular weight is 398 g/mol. The van der Waals surface area contributed by atoms with Crippen LogP contribution in [0.25, 0.3) is 10.9 Å². The van der Waals surface area contributed by atoms with Crippen molar-refractivity contribution in [3.8, 4) is 5.75 Å². The van der Waals surface area contributed by atoms with Crippen molar-refractivity contribution in [2.45, 2.75) is 12.5 Å². The van der Waals surface area contributed by atoms with Gasteiger partial charge in [0.1, 0.15) is 11.8 Å². The number of carbonyl (C=O) groups excluding carboxylic acids is 1. The number of anilines is 1. The van der Waals surface area contributed by atoms with Crippen LogP contribution >= 0.6 is 0 Å². The highest BCUT2D eigenvalue weighted by Gasteiger charge is 2.34. The SMILES string of the molecule is COc1cccc(NC(=O)N2CCc3c([nH]c4ccccc34)[C@@H]2c2cccnc2)c1. The lowest BCUT2D eigenvalue weighted by atomic mass is 9.93. The van der Waals surface area contributed by atoms with E-state index < -0.39 is 0 Å². The zero-order chi connectivity index (χ0) is 20.5. The third-order valence-electron chi connectivity index (χ3n) is 5.62. The van der Waals surface area contributed by atoms with Gasteiger partial charge in [-0.2, -0.15) is 0 Å². The molecule has 2 aromatic carbocycles. The standard InChI is InChI=1S/C24H22N4O2/c1-30-18-8-4-7-17(14-18)26-24(29)28-13-11-20-19-9-2-3-10-21(19)27-22(20)23(28)16-6-5-12-25-15-16/h2-10,12,14-15,23,27H,11,13H2,1H3,(H,26,29)/t23-/m0/s1. The lowest BCUT2D eigenvalue weighted by Gasteiger charge is -2.36. The van der Waals surface area contributed by atoms with Crippen LogP contribution in [0.2, 0.25) is 0 Å². The summed E-state index contributed by atoms with van der Waals surface area (Å²) in [5, 5.41) is 4.24. The normalized spacial score (nSPS) is 15.6. The summed E-state index contributed by atoms with van der Waals surface area (Å²) in [5.41, 5.74) is 5.09. The van der Waals surface area contributed by atoms with Gasteiger partial charge in [0.15, 0.2) is 0 Å². The Morgan fingerprint density at radius 3 is 2.90 bits per heavy atom. The van der Waals surface area contributed by atoms with Gasteiger partial charge in [-0.1, -0.05) is 30.3 Å². The van der Waals surface area contributed by atoms with Crippen LogP contribution in [-0.4, -0.2) is 34.6 Å². The number of amides is 2.